The predicted molar refractivity (Wildman–Crippen MR) is 117 cm³/mol. The molecule has 0 bridgehead atoms. The van der Waals surface area contributed by atoms with Gasteiger partial charge in [0.1, 0.15) is 5.92 Å². The average Bonchev–Trinajstić information content (AvgIpc) is 2.73. The molecule has 0 saturated heterocycles. The smallest absolute Gasteiger partial charge is 0.323 e. The number of ether oxygens (including phenoxy) is 2. The van der Waals surface area contributed by atoms with E-state index in [9.17, 15) is 4.79 Å². The Balaban J connectivity index is 1.98. The molecule has 0 heterocycles. The predicted octanol–water partition coefficient (Wildman–Crippen LogP) is 6.16. The summed E-state index contributed by atoms with van der Waals surface area (Å²) in [6.45, 7) is 6.38. The van der Waals surface area contributed by atoms with Gasteiger partial charge in [0.05, 0.1) is 6.61 Å². The van der Waals surface area contributed by atoms with E-state index in [1.54, 1.807) is 0 Å². The van der Waals surface area contributed by atoms with Crippen LogP contribution in [0, 0.1) is 6.92 Å². The summed E-state index contributed by atoms with van der Waals surface area (Å²) in [5.41, 5.74) is 3.88. The van der Waals surface area contributed by atoms with Gasteiger partial charge in [-0.1, -0.05) is 78.4 Å². The lowest BCUT2D eigenvalue weighted by molar-refractivity contribution is -0.135. The van der Waals surface area contributed by atoms with Crippen molar-refractivity contribution in [3.05, 3.63) is 101 Å². The second-order valence-electron chi connectivity index (χ2n) is 6.81. The van der Waals surface area contributed by atoms with Gasteiger partial charge < -0.3 is 9.47 Å². The number of allylic oxidation sites excluding steroid dienone is 1. The lowest BCUT2D eigenvalue weighted by Crippen LogP contribution is -2.20. The number of esters is 1. The van der Waals surface area contributed by atoms with Crippen molar-refractivity contribution >= 4 is 12.0 Å². The van der Waals surface area contributed by atoms with E-state index in [1.807, 2.05) is 106 Å². The molecule has 0 aliphatic carbocycles. The highest BCUT2D eigenvalue weighted by molar-refractivity contribution is 5.84. The first-order valence-corrected chi connectivity index (χ1v) is 9.85. The molecule has 0 aromatic heterocycles. The second-order valence-corrected chi connectivity index (χ2v) is 6.81. The van der Waals surface area contributed by atoms with Crippen LogP contribution in [0.5, 0.6) is 11.5 Å². The van der Waals surface area contributed by atoms with Crippen molar-refractivity contribution in [2.45, 2.75) is 26.7 Å². The first-order valence-electron chi connectivity index (χ1n) is 9.85. The highest BCUT2D eigenvalue weighted by Gasteiger charge is 2.26. The van der Waals surface area contributed by atoms with E-state index < -0.39 is 5.92 Å². The van der Waals surface area contributed by atoms with Crippen LogP contribution in [0.4, 0.5) is 0 Å². The number of hydrogen-bond acceptors (Lipinski definition) is 3. The molecule has 1 unspecified atom stereocenters. The van der Waals surface area contributed by atoms with Gasteiger partial charge in [-0.3, -0.25) is 4.79 Å². The molecule has 0 N–H and O–H groups in total. The first-order chi connectivity index (χ1) is 14.1. The van der Waals surface area contributed by atoms with Crippen molar-refractivity contribution in [2.24, 2.45) is 0 Å². The van der Waals surface area contributed by atoms with Crippen LogP contribution in [0.25, 0.3) is 6.08 Å². The van der Waals surface area contributed by atoms with Gasteiger partial charge >= 0.3 is 5.97 Å². The SMILES string of the molecule is CC=Cc1ccc(OCC)c(OC(=O)C(c2ccccc2)c2ccc(C)cc2)c1. The number of benzene rings is 3. The summed E-state index contributed by atoms with van der Waals surface area (Å²) in [5, 5.41) is 0. The molecule has 29 heavy (non-hydrogen) atoms. The highest BCUT2D eigenvalue weighted by atomic mass is 16.6. The molecule has 0 amide bonds. The van der Waals surface area contributed by atoms with Crippen LogP contribution >= 0.6 is 0 Å². The quantitative estimate of drug-likeness (QED) is 0.360. The average molecular weight is 386 g/mol. The Morgan fingerprint density at radius 3 is 2.28 bits per heavy atom. The fraction of sp³-hybridized carbons (Fsp3) is 0.192. The first kappa shape index (κ1) is 20.4. The van der Waals surface area contributed by atoms with Crippen LogP contribution in [0.15, 0.2) is 78.9 Å². The van der Waals surface area contributed by atoms with Crippen LogP contribution in [0.3, 0.4) is 0 Å². The Kier molecular flexibility index (Phi) is 6.85. The normalized spacial score (nSPS) is 12.0. The summed E-state index contributed by atoms with van der Waals surface area (Å²) in [6, 6.07) is 23.3. The number of rotatable bonds is 7. The minimum absolute atomic E-state index is 0.335. The maximum Gasteiger partial charge on any atom is 0.323 e. The van der Waals surface area contributed by atoms with Gasteiger partial charge in [0, 0.05) is 0 Å². The molecule has 3 aromatic carbocycles. The van der Waals surface area contributed by atoms with Crippen LogP contribution in [0.1, 0.15) is 42.0 Å². The third kappa shape index (κ3) is 5.14. The number of carbonyl (C=O) groups is 1. The summed E-state index contributed by atoms with van der Waals surface area (Å²) < 4.78 is 11.6. The molecule has 0 aliphatic heterocycles. The van der Waals surface area contributed by atoms with Crippen molar-refractivity contribution in [2.75, 3.05) is 6.61 Å². The zero-order valence-electron chi connectivity index (χ0n) is 17.1. The molecule has 3 rings (SSSR count). The standard InChI is InChI=1S/C26H26O3/c1-4-9-20-14-17-23(28-5-2)24(18-20)29-26(27)25(21-10-7-6-8-11-21)22-15-12-19(3)13-16-22/h4,6-18,25H,5H2,1-3H3. The third-order valence-electron chi connectivity index (χ3n) is 4.62. The minimum atomic E-state index is -0.517. The molecule has 0 radical (unpaired) electrons. The molecule has 0 saturated carbocycles. The van der Waals surface area contributed by atoms with Crippen molar-refractivity contribution in [1.82, 2.24) is 0 Å². The Morgan fingerprint density at radius 2 is 1.62 bits per heavy atom. The molecule has 148 valence electrons. The van der Waals surface area contributed by atoms with Gasteiger partial charge in [0.15, 0.2) is 11.5 Å². The molecule has 3 nitrogen and oxygen atoms in total. The fourth-order valence-corrected chi connectivity index (χ4v) is 3.21. The molecule has 3 aromatic rings. The number of carbonyl (C=O) groups excluding carboxylic acids is 1. The summed E-state index contributed by atoms with van der Waals surface area (Å²) in [7, 11) is 0. The lowest BCUT2D eigenvalue weighted by Gasteiger charge is -2.18. The van der Waals surface area contributed by atoms with E-state index in [0.717, 1.165) is 22.3 Å². The van der Waals surface area contributed by atoms with Crippen LogP contribution < -0.4 is 9.47 Å². The van der Waals surface area contributed by atoms with Gasteiger partial charge in [0.25, 0.3) is 0 Å². The molecule has 3 heteroatoms. The molecule has 0 fully saturated rings. The zero-order chi connectivity index (χ0) is 20.6. The van der Waals surface area contributed by atoms with E-state index in [1.165, 1.54) is 0 Å². The largest absolute Gasteiger partial charge is 0.490 e. The van der Waals surface area contributed by atoms with Crippen molar-refractivity contribution in [1.29, 1.82) is 0 Å². The van der Waals surface area contributed by atoms with E-state index >= 15 is 0 Å². The van der Waals surface area contributed by atoms with Crippen LogP contribution in [-0.4, -0.2) is 12.6 Å². The lowest BCUT2D eigenvalue weighted by atomic mass is 9.91. The molecular formula is C26H26O3. The maximum absolute atomic E-state index is 13.3. The summed E-state index contributed by atoms with van der Waals surface area (Å²) >= 11 is 0. The fourth-order valence-electron chi connectivity index (χ4n) is 3.21. The summed E-state index contributed by atoms with van der Waals surface area (Å²) in [5.74, 6) is 0.139. The van der Waals surface area contributed by atoms with Gasteiger partial charge in [-0.05, 0) is 49.6 Å². The van der Waals surface area contributed by atoms with Gasteiger partial charge in [-0.15, -0.1) is 0 Å². The monoisotopic (exact) mass is 386 g/mol. The molecule has 1 atom stereocenters. The number of aryl methyl sites for hydroxylation is 1. The molecular weight excluding hydrogens is 360 g/mol. The van der Waals surface area contributed by atoms with Crippen molar-refractivity contribution < 1.29 is 14.3 Å². The number of hydrogen-bond donors (Lipinski definition) is 0. The maximum atomic E-state index is 13.3. The van der Waals surface area contributed by atoms with E-state index in [0.29, 0.717) is 18.1 Å². The summed E-state index contributed by atoms with van der Waals surface area (Å²) in [4.78, 5) is 13.3. The Hall–Kier alpha value is -3.33. The minimum Gasteiger partial charge on any atom is -0.490 e. The Labute approximate surface area is 172 Å². The molecule has 0 aliphatic rings. The summed E-state index contributed by atoms with van der Waals surface area (Å²) in [6.07, 6.45) is 3.90. The van der Waals surface area contributed by atoms with Crippen molar-refractivity contribution in [3.63, 3.8) is 0 Å². The Morgan fingerprint density at radius 1 is 0.931 bits per heavy atom. The third-order valence-corrected chi connectivity index (χ3v) is 4.62. The highest BCUT2D eigenvalue weighted by Crippen LogP contribution is 2.33. The van der Waals surface area contributed by atoms with Gasteiger partial charge in [-0.2, -0.15) is 0 Å². The van der Waals surface area contributed by atoms with Crippen molar-refractivity contribution in [3.8, 4) is 11.5 Å². The van der Waals surface area contributed by atoms with Crippen LogP contribution in [0.2, 0.25) is 0 Å². The molecule has 0 spiro atoms. The van der Waals surface area contributed by atoms with E-state index in [4.69, 9.17) is 9.47 Å². The zero-order valence-corrected chi connectivity index (χ0v) is 17.1. The van der Waals surface area contributed by atoms with Gasteiger partial charge in [0.2, 0.25) is 0 Å². The Bertz CT molecular complexity index is 973. The topological polar surface area (TPSA) is 35.5 Å². The van der Waals surface area contributed by atoms with Crippen LogP contribution in [-0.2, 0) is 4.79 Å². The van der Waals surface area contributed by atoms with Gasteiger partial charge in [-0.25, -0.2) is 0 Å². The van der Waals surface area contributed by atoms with E-state index in [-0.39, 0.29) is 5.97 Å². The second kappa shape index (κ2) is 9.74. The van der Waals surface area contributed by atoms with E-state index in [2.05, 4.69) is 0 Å².